The highest BCUT2D eigenvalue weighted by atomic mass is 16.2. The summed E-state index contributed by atoms with van der Waals surface area (Å²) in [5, 5.41) is 4.46. The minimum absolute atomic E-state index is 0.147. The zero-order valence-electron chi connectivity index (χ0n) is 13.4. The Kier molecular flexibility index (Phi) is 4.02. The minimum atomic E-state index is 0.147. The number of likely N-dealkylation sites (N-methyl/N-ethyl adjacent to an activating group) is 1. The first-order chi connectivity index (χ1) is 10.1. The molecule has 2 aliphatic heterocycles. The summed E-state index contributed by atoms with van der Waals surface area (Å²) in [7, 11) is 4.09. The van der Waals surface area contributed by atoms with Crippen LogP contribution in [0.3, 0.4) is 0 Å². The zero-order valence-corrected chi connectivity index (χ0v) is 13.4. The lowest BCUT2D eigenvalue weighted by Gasteiger charge is -2.25. The molecule has 0 aromatic carbocycles. The number of carbonyl (C=O) groups is 1. The Morgan fingerprint density at radius 2 is 2.05 bits per heavy atom. The summed E-state index contributed by atoms with van der Waals surface area (Å²) < 4.78 is 1.75. The van der Waals surface area contributed by atoms with E-state index in [-0.39, 0.29) is 5.91 Å². The third-order valence-corrected chi connectivity index (χ3v) is 5.09. The van der Waals surface area contributed by atoms with Gasteiger partial charge in [-0.15, -0.1) is 0 Å². The van der Waals surface area contributed by atoms with Crippen LogP contribution in [-0.2, 0) is 13.5 Å². The summed E-state index contributed by atoms with van der Waals surface area (Å²) in [6.07, 6.45) is 5.60. The van der Waals surface area contributed by atoms with Crippen LogP contribution in [0.1, 0.15) is 48.8 Å². The molecule has 5 heteroatoms. The van der Waals surface area contributed by atoms with E-state index >= 15 is 0 Å². The lowest BCUT2D eigenvalue weighted by molar-refractivity contribution is 0.0729. The second kappa shape index (κ2) is 5.79. The number of rotatable bonds is 3. The van der Waals surface area contributed by atoms with E-state index in [1.165, 1.54) is 12.8 Å². The van der Waals surface area contributed by atoms with E-state index in [4.69, 9.17) is 0 Å². The van der Waals surface area contributed by atoms with E-state index in [1.807, 2.05) is 18.0 Å². The van der Waals surface area contributed by atoms with E-state index in [1.54, 1.807) is 4.68 Å². The van der Waals surface area contributed by atoms with Gasteiger partial charge in [-0.3, -0.25) is 14.4 Å². The SMILES string of the molecule is CCCc1cc(C(=O)N2CC[C@H]3CC[C@@H](C2)N3C)n(C)n1. The molecule has 21 heavy (non-hydrogen) atoms. The van der Waals surface area contributed by atoms with Gasteiger partial charge in [0, 0.05) is 32.2 Å². The van der Waals surface area contributed by atoms with E-state index < -0.39 is 0 Å². The zero-order chi connectivity index (χ0) is 15.0. The molecule has 0 N–H and O–H groups in total. The topological polar surface area (TPSA) is 41.4 Å². The van der Waals surface area contributed by atoms with Crippen LogP contribution in [0.15, 0.2) is 6.07 Å². The van der Waals surface area contributed by atoms with Gasteiger partial charge >= 0.3 is 0 Å². The van der Waals surface area contributed by atoms with E-state index in [9.17, 15) is 4.79 Å². The molecule has 2 fully saturated rings. The van der Waals surface area contributed by atoms with Gasteiger partial charge in [0.25, 0.3) is 5.91 Å². The average Bonchev–Trinajstić information content (AvgIpc) is 2.90. The van der Waals surface area contributed by atoms with Crippen molar-refractivity contribution < 1.29 is 4.79 Å². The van der Waals surface area contributed by atoms with Crippen molar-refractivity contribution in [2.24, 2.45) is 7.05 Å². The number of likely N-dealkylation sites (tertiary alicyclic amines) is 1. The second-order valence-electron chi connectivity index (χ2n) is 6.48. The maximum atomic E-state index is 12.8. The van der Waals surface area contributed by atoms with Crippen molar-refractivity contribution >= 4 is 5.91 Å². The molecule has 2 aliphatic rings. The van der Waals surface area contributed by atoms with Crippen molar-refractivity contribution in [2.75, 3.05) is 20.1 Å². The first kappa shape index (κ1) is 14.6. The minimum Gasteiger partial charge on any atom is -0.336 e. The average molecular weight is 290 g/mol. The van der Waals surface area contributed by atoms with Crippen LogP contribution in [0.5, 0.6) is 0 Å². The van der Waals surface area contributed by atoms with Gasteiger partial charge in [0.1, 0.15) is 5.69 Å². The lowest BCUT2D eigenvalue weighted by atomic mass is 10.1. The summed E-state index contributed by atoms with van der Waals surface area (Å²) in [4.78, 5) is 17.3. The Balaban J connectivity index is 1.76. The molecule has 1 aromatic rings. The molecule has 0 saturated carbocycles. The Morgan fingerprint density at radius 3 is 2.81 bits per heavy atom. The molecule has 0 unspecified atom stereocenters. The molecule has 2 atom stereocenters. The first-order valence-electron chi connectivity index (χ1n) is 8.14. The van der Waals surface area contributed by atoms with Gasteiger partial charge in [-0.25, -0.2) is 0 Å². The van der Waals surface area contributed by atoms with Crippen molar-refractivity contribution in [3.8, 4) is 0 Å². The van der Waals surface area contributed by atoms with Gasteiger partial charge in [0.2, 0.25) is 0 Å². The van der Waals surface area contributed by atoms with Crippen LogP contribution in [0.4, 0.5) is 0 Å². The van der Waals surface area contributed by atoms with Crippen molar-refractivity contribution in [3.63, 3.8) is 0 Å². The van der Waals surface area contributed by atoms with Crippen LogP contribution >= 0.6 is 0 Å². The van der Waals surface area contributed by atoms with Crippen molar-refractivity contribution in [3.05, 3.63) is 17.5 Å². The van der Waals surface area contributed by atoms with Gasteiger partial charge < -0.3 is 4.90 Å². The van der Waals surface area contributed by atoms with Crippen LogP contribution in [-0.4, -0.2) is 57.7 Å². The van der Waals surface area contributed by atoms with Gasteiger partial charge in [-0.05, 0) is 38.8 Å². The van der Waals surface area contributed by atoms with Crippen LogP contribution in [0.25, 0.3) is 0 Å². The van der Waals surface area contributed by atoms with Crippen LogP contribution in [0.2, 0.25) is 0 Å². The normalized spacial score (nSPS) is 26.1. The summed E-state index contributed by atoms with van der Waals surface area (Å²) in [6, 6.07) is 3.17. The molecule has 5 nitrogen and oxygen atoms in total. The summed E-state index contributed by atoms with van der Waals surface area (Å²) >= 11 is 0. The summed E-state index contributed by atoms with van der Waals surface area (Å²) in [5.41, 5.74) is 1.76. The van der Waals surface area contributed by atoms with Gasteiger partial charge in [0.05, 0.1) is 5.69 Å². The number of hydrogen-bond acceptors (Lipinski definition) is 3. The number of aromatic nitrogens is 2. The molecule has 2 saturated heterocycles. The molecule has 0 aliphatic carbocycles. The third kappa shape index (κ3) is 2.71. The third-order valence-electron chi connectivity index (χ3n) is 5.09. The molecule has 1 amide bonds. The molecule has 0 radical (unpaired) electrons. The largest absolute Gasteiger partial charge is 0.336 e. The van der Waals surface area contributed by atoms with Crippen LogP contribution in [0, 0.1) is 0 Å². The fourth-order valence-corrected chi connectivity index (χ4v) is 3.76. The molecule has 116 valence electrons. The predicted octanol–water partition coefficient (Wildman–Crippen LogP) is 1.68. The molecule has 2 bridgehead atoms. The summed E-state index contributed by atoms with van der Waals surface area (Å²) in [5.74, 6) is 0.147. The van der Waals surface area contributed by atoms with E-state index in [0.717, 1.165) is 43.7 Å². The Hall–Kier alpha value is -1.36. The molecule has 3 heterocycles. The van der Waals surface area contributed by atoms with Gasteiger partial charge in [-0.2, -0.15) is 5.10 Å². The van der Waals surface area contributed by atoms with Gasteiger partial charge in [-0.1, -0.05) is 13.3 Å². The highest BCUT2D eigenvalue weighted by Gasteiger charge is 2.36. The highest BCUT2D eigenvalue weighted by molar-refractivity contribution is 5.92. The number of aryl methyl sites for hydroxylation is 2. The fraction of sp³-hybridized carbons (Fsp3) is 0.750. The number of nitrogens with zero attached hydrogens (tertiary/aromatic N) is 4. The number of amides is 1. The molecule has 0 spiro atoms. The van der Waals surface area contributed by atoms with Gasteiger partial charge in [0.15, 0.2) is 0 Å². The first-order valence-corrected chi connectivity index (χ1v) is 8.14. The summed E-state index contributed by atoms with van der Waals surface area (Å²) in [6.45, 7) is 3.87. The maximum Gasteiger partial charge on any atom is 0.272 e. The number of hydrogen-bond donors (Lipinski definition) is 0. The smallest absolute Gasteiger partial charge is 0.272 e. The lowest BCUT2D eigenvalue weighted by Crippen LogP contribution is -2.40. The van der Waals surface area contributed by atoms with E-state index in [2.05, 4.69) is 24.0 Å². The monoisotopic (exact) mass is 290 g/mol. The Bertz CT molecular complexity index is 524. The second-order valence-corrected chi connectivity index (χ2v) is 6.48. The van der Waals surface area contributed by atoms with Crippen molar-refractivity contribution in [2.45, 2.75) is 51.1 Å². The predicted molar refractivity (Wildman–Crippen MR) is 82.3 cm³/mol. The fourth-order valence-electron chi connectivity index (χ4n) is 3.76. The maximum absolute atomic E-state index is 12.8. The molecule has 1 aromatic heterocycles. The standard InChI is InChI=1S/C16H26N4O/c1-4-5-12-10-15(19(3)17-12)16(21)20-9-8-13-6-7-14(11-20)18(13)2/h10,13-14H,4-9,11H2,1-3H3/t13-,14+/m1/s1. The molecule has 3 rings (SSSR count). The highest BCUT2D eigenvalue weighted by Crippen LogP contribution is 2.29. The molecular weight excluding hydrogens is 264 g/mol. The number of fused-ring (bicyclic) bond motifs is 2. The van der Waals surface area contributed by atoms with E-state index in [0.29, 0.717) is 12.1 Å². The van der Waals surface area contributed by atoms with Crippen molar-refractivity contribution in [1.29, 1.82) is 0 Å². The van der Waals surface area contributed by atoms with Crippen LogP contribution < -0.4 is 0 Å². The van der Waals surface area contributed by atoms with Crippen molar-refractivity contribution in [1.82, 2.24) is 19.6 Å². The Labute approximate surface area is 126 Å². The molecular formula is C16H26N4O. The Morgan fingerprint density at radius 1 is 1.29 bits per heavy atom. The number of carbonyl (C=O) groups excluding carboxylic acids is 1. The quantitative estimate of drug-likeness (QED) is 0.850.